The molecule has 1 heteroatoms. The van der Waals surface area contributed by atoms with Crippen LogP contribution in [0, 0.1) is 49.4 Å². The van der Waals surface area contributed by atoms with Crippen molar-refractivity contribution in [2.75, 3.05) is 0 Å². The van der Waals surface area contributed by atoms with Gasteiger partial charge in [0, 0.05) is 5.92 Å². The van der Waals surface area contributed by atoms with Crippen LogP contribution >= 0.6 is 7.92 Å². The molecular formula is C47H53P. The summed E-state index contributed by atoms with van der Waals surface area (Å²) in [5, 5.41) is 2.98. The van der Waals surface area contributed by atoms with Crippen molar-refractivity contribution in [3.8, 4) is 11.1 Å². The van der Waals surface area contributed by atoms with Crippen molar-refractivity contribution in [3.05, 3.63) is 125 Å². The molecule has 12 rings (SSSR count). The molecule has 8 bridgehead atoms. The maximum absolute atomic E-state index is 2.68. The van der Waals surface area contributed by atoms with Crippen LogP contribution in [0.2, 0.25) is 0 Å². The average Bonchev–Trinajstić information content (AvgIpc) is 3.05. The third kappa shape index (κ3) is 4.86. The van der Waals surface area contributed by atoms with E-state index in [1.807, 2.05) is 5.30 Å². The number of benzene rings is 4. The van der Waals surface area contributed by atoms with Crippen molar-refractivity contribution in [1.29, 1.82) is 0 Å². The lowest BCUT2D eigenvalue weighted by Crippen LogP contribution is -2.58. The zero-order valence-corrected chi connectivity index (χ0v) is 30.1. The van der Waals surface area contributed by atoms with E-state index in [2.05, 4.69) is 111 Å². The summed E-state index contributed by atoms with van der Waals surface area (Å²) in [5.74, 6) is 6.31. The third-order valence-corrected chi connectivity index (χ3v) is 18.4. The Morgan fingerprint density at radius 1 is 0.479 bits per heavy atom. The van der Waals surface area contributed by atoms with E-state index < -0.39 is 0 Å². The Balaban J connectivity index is 1.13. The summed E-state index contributed by atoms with van der Waals surface area (Å²) in [6.45, 7) is 4.85. The van der Waals surface area contributed by atoms with Crippen LogP contribution in [0.4, 0.5) is 0 Å². The first-order valence-electron chi connectivity index (χ1n) is 19.6. The van der Waals surface area contributed by atoms with Gasteiger partial charge in [0.05, 0.1) is 0 Å². The zero-order chi connectivity index (χ0) is 32.0. The molecule has 0 atom stereocenters. The topological polar surface area (TPSA) is 0 Å². The summed E-state index contributed by atoms with van der Waals surface area (Å²) in [7, 11) is -0.266. The van der Waals surface area contributed by atoms with E-state index >= 15 is 0 Å². The Hall–Kier alpha value is -2.69. The molecule has 246 valence electrons. The van der Waals surface area contributed by atoms with E-state index in [0.29, 0.717) is 10.3 Å². The Kier molecular flexibility index (Phi) is 7.18. The summed E-state index contributed by atoms with van der Waals surface area (Å²) in [5.41, 5.74) is 10.2. The summed E-state index contributed by atoms with van der Waals surface area (Å²) in [6, 6.07) is 37.5. The highest BCUT2D eigenvalue weighted by Crippen LogP contribution is 2.78. The molecule has 0 spiro atoms. The van der Waals surface area contributed by atoms with Crippen molar-refractivity contribution in [2.24, 2.45) is 35.5 Å². The maximum Gasteiger partial charge on any atom is 0.0340 e. The van der Waals surface area contributed by atoms with Gasteiger partial charge in [-0.3, -0.25) is 0 Å². The molecular weight excluding hydrogens is 595 g/mol. The lowest BCUT2D eigenvalue weighted by molar-refractivity contribution is 0.0195. The lowest BCUT2D eigenvalue weighted by atomic mass is 9.55. The van der Waals surface area contributed by atoms with Crippen molar-refractivity contribution in [1.82, 2.24) is 0 Å². The molecule has 0 saturated heterocycles. The molecule has 0 heterocycles. The van der Waals surface area contributed by atoms with Gasteiger partial charge in [-0.2, -0.15) is 0 Å². The van der Waals surface area contributed by atoms with Crippen LogP contribution in [0.5, 0.6) is 0 Å². The second-order valence-electron chi connectivity index (χ2n) is 17.9. The first kappa shape index (κ1) is 30.2. The quantitative estimate of drug-likeness (QED) is 0.138. The number of hydrogen-bond donors (Lipinski definition) is 0. The van der Waals surface area contributed by atoms with E-state index in [0.717, 1.165) is 35.5 Å². The zero-order valence-electron chi connectivity index (χ0n) is 29.2. The van der Waals surface area contributed by atoms with Gasteiger partial charge in [0.25, 0.3) is 0 Å². The molecule has 4 aromatic rings. The van der Waals surface area contributed by atoms with Crippen LogP contribution < -0.4 is 5.30 Å². The van der Waals surface area contributed by atoms with Gasteiger partial charge in [-0.1, -0.05) is 105 Å². The van der Waals surface area contributed by atoms with Crippen LogP contribution in [0.25, 0.3) is 11.1 Å². The minimum absolute atomic E-state index is 0.241. The Morgan fingerprint density at radius 3 is 1.27 bits per heavy atom. The molecule has 8 aliphatic rings. The standard InChI is InChI=1S/C47H53P/c1-31-17-41(45(39-11-5-3-6-12-39)40-13-7-4-8-14-40)18-32(2)44(31)42-15-9-10-16-43(42)48(46-25-33-19-34(26-46)21-35(20-33)27-46)47-28-36-22-37(29-47)24-38(23-36)30-47/h3-18,33-38,45H,19-30H2,1-2H3. The number of hydrogen-bond acceptors (Lipinski definition) is 0. The number of aryl methyl sites for hydroxylation is 2. The predicted octanol–water partition coefficient (Wildman–Crippen LogP) is 12.2. The number of rotatable bonds is 7. The molecule has 8 fully saturated rings. The van der Waals surface area contributed by atoms with Crippen molar-refractivity contribution < 1.29 is 0 Å². The Labute approximate surface area is 290 Å². The van der Waals surface area contributed by atoms with E-state index in [1.165, 1.54) is 33.4 Å². The smallest absolute Gasteiger partial charge is 0.0340 e. The molecule has 0 nitrogen and oxygen atoms in total. The van der Waals surface area contributed by atoms with Gasteiger partial charge in [0.1, 0.15) is 0 Å². The molecule has 48 heavy (non-hydrogen) atoms. The van der Waals surface area contributed by atoms with E-state index in [-0.39, 0.29) is 13.8 Å². The maximum atomic E-state index is 2.68. The fourth-order valence-corrected chi connectivity index (χ4v) is 19.4. The third-order valence-electron chi connectivity index (χ3n) is 14.5. The van der Waals surface area contributed by atoms with Crippen LogP contribution in [-0.4, -0.2) is 10.3 Å². The van der Waals surface area contributed by atoms with Gasteiger partial charge >= 0.3 is 0 Å². The van der Waals surface area contributed by atoms with Crippen LogP contribution in [0.15, 0.2) is 97.1 Å². The van der Waals surface area contributed by atoms with Crippen LogP contribution in [-0.2, 0) is 0 Å². The van der Waals surface area contributed by atoms with Gasteiger partial charge in [-0.15, -0.1) is 0 Å². The van der Waals surface area contributed by atoms with Crippen molar-refractivity contribution in [2.45, 2.75) is 107 Å². The van der Waals surface area contributed by atoms with E-state index in [1.54, 1.807) is 82.6 Å². The van der Waals surface area contributed by atoms with Crippen LogP contribution in [0.1, 0.15) is 111 Å². The van der Waals surface area contributed by atoms with E-state index in [4.69, 9.17) is 0 Å². The van der Waals surface area contributed by atoms with Gasteiger partial charge < -0.3 is 0 Å². The molecule has 0 aromatic heterocycles. The monoisotopic (exact) mass is 648 g/mol. The highest BCUT2D eigenvalue weighted by molar-refractivity contribution is 7.69. The summed E-state index contributed by atoms with van der Waals surface area (Å²) in [4.78, 5) is 0. The molecule has 8 aliphatic carbocycles. The first-order valence-corrected chi connectivity index (χ1v) is 20.9. The molecule has 0 unspecified atom stereocenters. The molecule has 0 aliphatic heterocycles. The molecule has 0 amide bonds. The van der Waals surface area contributed by atoms with Gasteiger partial charge in [0.15, 0.2) is 0 Å². The van der Waals surface area contributed by atoms with Crippen molar-refractivity contribution >= 4 is 13.2 Å². The summed E-state index contributed by atoms with van der Waals surface area (Å²) in [6.07, 6.45) is 18.6. The van der Waals surface area contributed by atoms with Gasteiger partial charge in [-0.05, 0) is 181 Å². The highest BCUT2D eigenvalue weighted by atomic mass is 31.1. The second-order valence-corrected chi connectivity index (χ2v) is 21.0. The van der Waals surface area contributed by atoms with Crippen molar-refractivity contribution in [3.63, 3.8) is 0 Å². The SMILES string of the molecule is Cc1cc(C(c2ccccc2)c2ccccc2)cc(C)c1-c1ccccc1P(C12CC3CC(CC(C3)C1)C2)C12CC3CC(CC(C3)C1)C2. The minimum atomic E-state index is -0.266. The molecule has 4 aromatic carbocycles. The Morgan fingerprint density at radius 2 is 0.854 bits per heavy atom. The largest absolute Gasteiger partial charge is 0.0622 e. The molecule has 0 radical (unpaired) electrons. The second kappa shape index (κ2) is 11.4. The average molecular weight is 649 g/mol. The minimum Gasteiger partial charge on any atom is -0.0622 e. The predicted molar refractivity (Wildman–Crippen MR) is 204 cm³/mol. The summed E-state index contributed by atoms with van der Waals surface area (Å²) < 4.78 is 0. The fourth-order valence-electron chi connectivity index (χ4n) is 14.0. The molecule has 8 saturated carbocycles. The highest BCUT2D eigenvalue weighted by Gasteiger charge is 2.63. The fraction of sp³-hybridized carbons (Fsp3) is 0.489. The van der Waals surface area contributed by atoms with Gasteiger partial charge in [0.2, 0.25) is 0 Å². The first-order chi connectivity index (χ1) is 23.5. The van der Waals surface area contributed by atoms with Gasteiger partial charge in [-0.25, -0.2) is 0 Å². The normalized spacial score (nSPS) is 35.0. The van der Waals surface area contributed by atoms with Crippen LogP contribution in [0.3, 0.4) is 0 Å². The van der Waals surface area contributed by atoms with E-state index in [9.17, 15) is 0 Å². The Bertz CT molecular complexity index is 1640. The lowest BCUT2D eigenvalue weighted by Gasteiger charge is -2.67. The summed E-state index contributed by atoms with van der Waals surface area (Å²) >= 11 is 0. The molecule has 0 N–H and O–H groups in total.